The summed E-state index contributed by atoms with van der Waals surface area (Å²) in [6.45, 7) is 5.25. The molecule has 1 aromatic rings. The van der Waals surface area contributed by atoms with Crippen LogP contribution >= 0.6 is 0 Å². The van der Waals surface area contributed by atoms with Crippen LogP contribution in [0.25, 0.3) is 0 Å². The summed E-state index contributed by atoms with van der Waals surface area (Å²) in [6, 6.07) is 1.74. The first-order valence-electron chi connectivity index (χ1n) is 6.97. The maximum absolute atomic E-state index is 11.5. The maximum atomic E-state index is 11.5. The van der Waals surface area contributed by atoms with E-state index in [9.17, 15) is 4.79 Å². The standard InChI is InChI=1S/C13H22N6O/c1-8(2)12-17-10(7-11(18-12)19-14)15-5-6-16-13(20)9-3-4-9/h7-9H,3-6,14H2,1-2H3,(H,16,20)(H2,15,17,18,19). The highest BCUT2D eigenvalue weighted by atomic mass is 16.2. The van der Waals surface area contributed by atoms with Crippen molar-refractivity contribution in [2.24, 2.45) is 11.8 Å². The molecule has 0 radical (unpaired) electrons. The molecule has 20 heavy (non-hydrogen) atoms. The van der Waals surface area contributed by atoms with Gasteiger partial charge in [0, 0.05) is 31.0 Å². The lowest BCUT2D eigenvalue weighted by atomic mass is 10.2. The third-order valence-electron chi connectivity index (χ3n) is 3.09. The molecule has 110 valence electrons. The maximum Gasteiger partial charge on any atom is 0.223 e. The molecule has 1 fully saturated rings. The predicted molar refractivity (Wildman–Crippen MR) is 78.2 cm³/mol. The number of anilines is 2. The van der Waals surface area contributed by atoms with Crippen molar-refractivity contribution in [1.29, 1.82) is 0 Å². The van der Waals surface area contributed by atoms with Crippen LogP contribution in [0.3, 0.4) is 0 Å². The first-order chi connectivity index (χ1) is 9.60. The Balaban J connectivity index is 1.84. The van der Waals surface area contributed by atoms with E-state index in [-0.39, 0.29) is 17.7 Å². The fourth-order valence-corrected chi connectivity index (χ4v) is 1.75. The third-order valence-corrected chi connectivity index (χ3v) is 3.09. The zero-order valence-electron chi connectivity index (χ0n) is 11.9. The number of carbonyl (C=O) groups excluding carboxylic acids is 1. The zero-order valence-corrected chi connectivity index (χ0v) is 11.9. The second-order valence-corrected chi connectivity index (χ2v) is 5.29. The van der Waals surface area contributed by atoms with Gasteiger partial charge in [-0.3, -0.25) is 4.79 Å². The van der Waals surface area contributed by atoms with E-state index in [0.29, 0.717) is 24.7 Å². The summed E-state index contributed by atoms with van der Waals surface area (Å²) in [7, 11) is 0. The number of hydrogen-bond donors (Lipinski definition) is 4. The molecule has 1 saturated carbocycles. The first-order valence-corrected chi connectivity index (χ1v) is 6.97. The lowest BCUT2D eigenvalue weighted by Crippen LogP contribution is -2.30. The van der Waals surface area contributed by atoms with E-state index in [1.807, 2.05) is 13.8 Å². The van der Waals surface area contributed by atoms with Crippen LogP contribution < -0.4 is 21.9 Å². The summed E-state index contributed by atoms with van der Waals surface area (Å²) in [6.07, 6.45) is 2.04. The molecule has 1 aromatic heterocycles. The average Bonchev–Trinajstić information content (AvgIpc) is 3.27. The second kappa shape index (κ2) is 6.51. The van der Waals surface area contributed by atoms with E-state index < -0.39 is 0 Å². The van der Waals surface area contributed by atoms with Crippen LogP contribution in [0, 0.1) is 5.92 Å². The van der Waals surface area contributed by atoms with Gasteiger partial charge in [-0.1, -0.05) is 13.8 Å². The van der Waals surface area contributed by atoms with E-state index in [1.54, 1.807) is 6.07 Å². The quantitative estimate of drug-likeness (QED) is 0.334. The molecule has 2 rings (SSSR count). The Kier molecular flexibility index (Phi) is 4.73. The number of nitrogens with two attached hydrogens (primary N) is 1. The van der Waals surface area contributed by atoms with Crippen molar-refractivity contribution < 1.29 is 4.79 Å². The second-order valence-electron chi connectivity index (χ2n) is 5.29. The van der Waals surface area contributed by atoms with Crippen molar-refractivity contribution in [3.63, 3.8) is 0 Å². The number of hydrazine groups is 1. The fourth-order valence-electron chi connectivity index (χ4n) is 1.75. The summed E-state index contributed by atoms with van der Waals surface area (Å²) in [5.74, 6) is 8.03. The van der Waals surface area contributed by atoms with E-state index in [4.69, 9.17) is 5.84 Å². The molecule has 0 unspecified atom stereocenters. The molecule has 7 heteroatoms. The minimum Gasteiger partial charge on any atom is -0.368 e. The van der Waals surface area contributed by atoms with Gasteiger partial charge in [0.1, 0.15) is 17.5 Å². The molecular weight excluding hydrogens is 256 g/mol. The molecule has 1 heterocycles. The normalized spacial score (nSPS) is 14.2. The number of nitrogens with zero attached hydrogens (tertiary/aromatic N) is 2. The number of aromatic nitrogens is 2. The Hall–Kier alpha value is -1.89. The Morgan fingerprint density at radius 2 is 2.05 bits per heavy atom. The van der Waals surface area contributed by atoms with Gasteiger partial charge in [-0.05, 0) is 12.8 Å². The van der Waals surface area contributed by atoms with Gasteiger partial charge in [-0.2, -0.15) is 0 Å². The number of rotatable bonds is 7. The minimum absolute atomic E-state index is 0.154. The van der Waals surface area contributed by atoms with Gasteiger partial charge in [0.05, 0.1) is 0 Å². The lowest BCUT2D eigenvalue weighted by molar-refractivity contribution is -0.122. The Morgan fingerprint density at radius 3 is 2.65 bits per heavy atom. The van der Waals surface area contributed by atoms with Crippen LogP contribution in [-0.4, -0.2) is 29.0 Å². The van der Waals surface area contributed by atoms with Crippen LogP contribution in [0.1, 0.15) is 38.4 Å². The lowest BCUT2D eigenvalue weighted by Gasteiger charge is -2.11. The Morgan fingerprint density at radius 1 is 1.35 bits per heavy atom. The van der Waals surface area contributed by atoms with Gasteiger partial charge in [0.2, 0.25) is 5.91 Å². The molecule has 0 spiro atoms. The number of hydrogen-bond acceptors (Lipinski definition) is 6. The molecule has 1 aliphatic carbocycles. The highest BCUT2D eigenvalue weighted by Crippen LogP contribution is 2.28. The van der Waals surface area contributed by atoms with Crippen molar-refractivity contribution in [3.8, 4) is 0 Å². The van der Waals surface area contributed by atoms with Crippen molar-refractivity contribution >= 4 is 17.5 Å². The topological polar surface area (TPSA) is 105 Å². The van der Waals surface area contributed by atoms with Gasteiger partial charge in [-0.25, -0.2) is 15.8 Å². The summed E-state index contributed by atoms with van der Waals surface area (Å²) in [4.78, 5) is 20.2. The SMILES string of the molecule is CC(C)c1nc(NN)cc(NCCNC(=O)C2CC2)n1. The molecule has 1 amide bonds. The summed E-state index contributed by atoms with van der Waals surface area (Å²) in [5.41, 5.74) is 2.53. The largest absolute Gasteiger partial charge is 0.368 e. The zero-order chi connectivity index (χ0) is 14.5. The molecule has 0 aliphatic heterocycles. The van der Waals surface area contributed by atoms with Crippen molar-refractivity contribution in [2.45, 2.75) is 32.6 Å². The Labute approximate surface area is 118 Å². The average molecular weight is 278 g/mol. The molecule has 0 atom stereocenters. The van der Waals surface area contributed by atoms with E-state index >= 15 is 0 Å². The van der Waals surface area contributed by atoms with Gasteiger partial charge in [0.25, 0.3) is 0 Å². The molecule has 0 aromatic carbocycles. The summed E-state index contributed by atoms with van der Waals surface area (Å²) in [5, 5.41) is 6.06. The monoisotopic (exact) mass is 278 g/mol. The van der Waals surface area contributed by atoms with E-state index in [2.05, 4.69) is 26.0 Å². The van der Waals surface area contributed by atoms with Gasteiger partial charge < -0.3 is 16.1 Å². The van der Waals surface area contributed by atoms with Crippen molar-refractivity contribution in [3.05, 3.63) is 11.9 Å². The van der Waals surface area contributed by atoms with Crippen LogP contribution in [0.15, 0.2) is 6.07 Å². The highest BCUT2D eigenvalue weighted by Gasteiger charge is 2.28. The summed E-state index contributed by atoms with van der Waals surface area (Å²) < 4.78 is 0. The van der Waals surface area contributed by atoms with Crippen LogP contribution in [0.5, 0.6) is 0 Å². The summed E-state index contributed by atoms with van der Waals surface area (Å²) >= 11 is 0. The molecule has 1 aliphatic rings. The van der Waals surface area contributed by atoms with E-state index in [0.717, 1.165) is 18.7 Å². The number of nitrogen functional groups attached to an aromatic ring is 1. The molecular formula is C13H22N6O. The van der Waals surface area contributed by atoms with Gasteiger partial charge in [0.15, 0.2) is 0 Å². The first kappa shape index (κ1) is 14.5. The van der Waals surface area contributed by atoms with Crippen LogP contribution in [-0.2, 0) is 4.79 Å². The number of carbonyl (C=O) groups is 1. The van der Waals surface area contributed by atoms with E-state index in [1.165, 1.54) is 0 Å². The number of amides is 1. The third kappa shape index (κ3) is 4.06. The van der Waals surface area contributed by atoms with Gasteiger partial charge in [-0.15, -0.1) is 0 Å². The molecule has 7 nitrogen and oxygen atoms in total. The fraction of sp³-hybridized carbons (Fsp3) is 0.615. The Bertz CT molecular complexity index is 472. The molecule has 0 saturated heterocycles. The molecule has 5 N–H and O–H groups in total. The van der Waals surface area contributed by atoms with Crippen LogP contribution in [0.2, 0.25) is 0 Å². The smallest absolute Gasteiger partial charge is 0.223 e. The van der Waals surface area contributed by atoms with Gasteiger partial charge >= 0.3 is 0 Å². The minimum atomic E-state index is 0.154. The predicted octanol–water partition coefficient (Wildman–Crippen LogP) is 0.824. The molecule has 0 bridgehead atoms. The number of nitrogens with one attached hydrogen (secondary N) is 3. The van der Waals surface area contributed by atoms with Crippen molar-refractivity contribution in [2.75, 3.05) is 23.8 Å². The van der Waals surface area contributed by atoms with Crippen molar-refractivity contribution in [1.82, 2.24) is 15.3 Å². The van der Waals surface area contributed by atoms with Crippen LogP contribution in [0.4, 0.5) is 11.6 Å². The highest BCUT2D eigenvalue weighted by molar-refractivity contribution is 5.80.